The van der Waals surface area contributed by atoms with Gasteiger partial charge >= 0.3 is 22.2 Å². The predicted octanol–water partition coefficient (Wildman–Crippen LogP) is -2.41. The van der Waals surface area contributed by atoms with Crippen LogP contribution in [-0.2, 0) is 39.1 Å². The van der Waals surface area contributed by atoms with Crippen LogP contribution in [0.15, 0.2) is 10.5 Å². The summed E-state index contributed by atoms with van der Waals surface area (Å²) in [6.07, 6.45) is 0. The number of amides is 2. The first-order chi connectivity index (χ1) is 13.9. The first-order valence-electron chi connectivity index (χ1n) is 7.79. The number of carboxylic acids is 1. The third-order valence-corrected chi connectivity index (χ3v) is 5.11. The Morgan fingerprint density at radius 3 is 2.60 bits per heavy atom. The number of carboxylic acid groups (broad SMARTS) is 1. The highest BCUT2D eigenvalue weighted by Gasteiger charge is 2.54. The van der Waals surface area contributed by atoms with E-state index >= 15 is 0 Å². The van der Waals surface area contributed by atoms with Gasteiger partial charge < -0.3 is 25.7 Å². The summed E-state index contributed by atoms with van der Waals surface area (Å²) in [4.78, 5) is 54.6. The average Bonchev–Trinajstić information content (AvgIpc) is 3.04. The zero-order chi connectivity index (χ0) is 22.6. The third-order valence-electron chi connectivity index (χ3n) is 3.49. The summed E-state index contributed by atoms with van der Waals surface area (Å²) < 4.78 is 36.6. The molecule has 2 heterocycles. The van der Waals surface area contributed by atoms with Gasteiger partial charge in [-0.3, -0.25) is 18.9 Å². The SMILES string of the molecule is CC(=O)OC[C@H]1[C@@H](NC(=O)C(=NOCC(=O)O)c2csc(N)n2)C(=O)N1S(=O)(=O)O. The molecule has 30 heavy (non-hydrogen) atoms. The second-order valence-corrected chi connectivity index (χ2v) is 7.79. The van der Waals surface area contributed by atoms with E-state index in [9.17, 15) is 27.6 Å². The molecule has 1 aromatic rings. The van der Waals surface area contributed by atoms with Gasteiger partial charge in [-0.25, -0.2) is 14.1 Å². The molecule has 0 spiro atoms. The van der Waals surface area contributed by atoms with Crippen LogP contribution in [0.25, 0.3) is 0 Å². The number of β-lactam (4-membered cyclic amide) rings is 1. The van der Waals surface area contributed by atoms with Crippen LogP contribution >= 0.6 is 11.3 Å². The molecule has 0 bridgehead atoms. The molecule has 2 rings (SSSR count). The molecule has 17 heteroatoms. The van der Waals surface area contributed by atoms with Gasteiger partial charge in [0.25, 0.3) is 11.8 Å². The van der Waals surface area contributed by atoms with Gasteiger partial charge in [0.05, 0.1) is 0 Å². The van der Waals surface area contributed by atoms with Crippen LogP contribution in [0.5, 0.6) is 0 Å². The number of esters is 1. The summed E-state index contributed by atoms with van der Waals surface area (Å²) in [6, 6.07) is -2.94. The number of carbonyl (C=O) groups excluding carboxylic acids is 3. The van der Waals surface area contributed by atoms with Crippen molar-refractivity contribution >= 4 is 56.2 Å². The van der Waals surface area contributed by atoms with Crippen molar-refractivity contribution in [3.8, 4) is 0 Å². The quantitative estimate of drug-likeness (QED) is 0.0982. The van der Waals surface area contributed by atoms with Gasteiger partial charge in [-0.1, -0.05) is 5.16 Å². The lowest BCUT2D eigenvalue weighted by molar-refractivity contribution is -0.154. The summed E-state index contributed by atoms with van der Waals surface area (Å²) in [6.45, 7) is -0.495. The molecule has 1 aliphatic heterocycles. The molecular weight excluding hydrogens is 450 g/mol. The Hall–Kier alpha value is -3.31. The lowest BCUT2D eigenvalue weighted by Gasteiger charge is -2.43. The van der Waals surface area contributed by atoms with Crippen LogP contribution in [-0.4, -0.2) is 82.1 Å². The number of nitrogen functional groups attached to an aromatic ring is 1. The first-order valence-corrected chi connectivity index (χ1v) is 10.1. The van der Waals surface area contributed by atoms with Crippen LogP contribution in [0.1, 0.15) is 12.6 Å². The number of hydrogen-bond donors (Lipinski definition) is 4. The molecule has 0 radical (unpaired) electrons. The topological polar surface area (TPSA) is 228 Å². The molecule has 1 fully saturated rings. The minimum Gasteiger partial charge on any atom is -0.479 e. The smallest absolute Gasteiger partial charge is 0.362 e. The number of hydrogen-bond acceptors (Lipinski definition) is 12. The highest BCUT2D eigenvalue weighted by Crippen LogP contribution is 2.24. The molecule has 0 aromatic carbocycles. The molecule has 0 aliphatic carbocycles. The van der Waals surface area contributed by atoms with Gasteiger partial charge in [-0.2, -0.15) is 8.42 Å². The van der Waals surface area contributed by atoms with E-state index in [1.54, 1.807) is 0 Å². The molecule has 15 nitrogen and oxygen atoms in total. The van der Waals surface area contributed by atoms with Crippen molar-refractivity contribution in [2.45, 2.75) is 19.0 Å². The Bertz CT molecular complexity index is 1000. The molecule has 0 unspecified atom stereocenters. The Kier molecular flexibility index (Phi) is 6.90. The van der Waals surface area contributed by atoms with Gasteiger partial charge in [-0.05, 0) is 0 Å². The van der Waals surface area contributed by atoms with Crippen LogP contribution < -0.4 is 11.1 Å². The Morgan fingerprint density at radius 2 is 2.10 bits per heavy atom. The highest BCUT2D eigenvalue weighted by molar-refractivity contribution is 7.84. The van der Waals surface area contributed by atoms with E-state index < -0.39 is 65.1 Å². The zero-order valence-electron chi connectivity index (χ0n) is 15.0. The van der Waals surface area contributed by atoms with E-state index in [2.05, 4.69) is 25.0 Å². The average molecular weight is 465 g/mol. The van der Waals surface area contributed by atoms with Crippen molar-refractivity contribution < 1.29 is 46.8 Å². The minimum absolute atomic E-state index is 0.0411. The number of rotatable bonds is 9. The fourth-order valence-electron chi connectivity index (χ4n) is 2.29. The molecule has 2 amide bonds. The number of aliphatic carboxylic acids is 1. The number of nitrogens with one attached hydrogen (secondary N) is 1. The summed E-state index contributed by atoms with van der Waals surface area (Å²) in [7, 11) is -4.98. The van der Waals surface area contributed by atoms with Gasteiger partial charge in [0.2, 0.25) is 6.61 Å². The number of oxime groups is 1. The fourth-order valence-corrected chi connectivity index (χ4v) is 3.70. The van der Waals surface area contributed by atoms with Crippen LogP contribution in [0.4, 0.5) is 5.13 Å². The van der Waals surface area contributed by atoms with Crippen molar-refractivity contribution in [1.82, 2.24) is 14.6 Å². The van der Waals surface area contributed by atoms with Crippen molar-refractivity contribution in [1.29, 1.82) is 0 Å². The number of aromatic nitrogens is 1. The van der Waals surface area contributed by atoms with Crippen LogP contribution in [0.3, 0.4) is 0 Å². The minimum atomic E-state index is -4.98. The van der Waals surface area contributed by atoms with E-state index in [1.807, 2.05) is 0 Å². The monoisotopic (exact) mass is 465 g/mol. The Balaban J connectivity index is 2.24. The van der Waals surface area contributed by atoms with E-state index in [0.29, 0.717) is 0 Å². The molecule has 1 aliphatic rings. The number of carbonyl (C=O) groups is 4. The maximum atomic E-state index is 12.6. The molecule has 2 atom stereocenters. The molecule has 0 saturated carbocycles. The van der Waals surface area contributed by atoms with E-state index in [0.717, 1.165) is 18.3 Å². The first kappa shape index (κ1) is 23.0. The second-order valence-electron chi connectivity index (χ2n) is 5.61. The second kappa shape index (κ2) is 9.01. The maximum absolute atomic E-state index is 12.6. The van der Waals surface area contributed by atoms with Crippen LogP contribution in [0, 0.1) is 0 Å². The Morgan fingerprint density at radius 1 is 1.43 bits per heavy atom. The summed E-state index contributed by atoms with van der Waals surface area (Å²) in [5, 5.41) is 15.5. The van der Waals surface area contributed by atoms with Gasteiger partial charge in [0.15, 0.2) is 10.8 Å². The number of nitrogens with two attached hydrogens (primary N) is 1. The van der Waals surface area contributed by atoms with Crippen molar-refractivity contribution in [2.75, 3.05) is 18.9 Å². The standard InChI is InChI=1S/C13H15N5O10S2/c1-5(19)27-2-7-10(12(23)18(7)30(24,25)26)16-11(22)9(17-28-3-8(20)21)6-4-29-13(14)15-6/h4,7,10H,2-3H2,1H3,(H2,14,15)(H,16,22)(H,20,21)(H,24,25,26)/t7-,10+/m0/s1. The van der Waals surface area contributed by atoms with E-state index in [1.165, 1.54) is 5.38 Å². The fraction of sp³-hybridized carbons (Fsp3) is 0.385. The molecular formula is C13H15N5O10S2. The Labute approximate surface area is 172 Å². The maximum Gasteiger partial charge on any atom is 0.362 e. The molecule has 1 saturated heterocycles. The van der Waals surface area contributed by atoms with Gasteiger partial charge in [0.1, 0.15) is 24.4 Å². The van der Waals surface area contributed by atoms with Crippen LogP contribution in [0.2, 0.25) is 0 Å². The largest absolute Gasteiger partial charge is 0.479 e. The zero-order valence-corrected chi connectivity index (χ0v) is 16.7. The summed E-state index contributed by atoms with van der Waals surface area (Å²) >= 11 is 0.934. The van der Waals surface area contributed by atoms with E-state index in [4.69, 9.17) is 15.4 Å². The van der Waals surface area contributed by atoms with Crippen molar-refractivity contribution in [2.24, 2.45) is 5.16 Å². The van der Waals surface area contributed by atoms with Crippen molar-refractivity contribution in [3.05, 3.63) is 11.1 Å². The number of thiazole rings is 1. The summed E-state index contributed by atoms with van der Waals surface area (Å²) in [5.41, 5.74) is 4.84. The number of anilines is 1. The molecule has 1 aromatic heterocycles. The normalized spacial score (nSPS) is 19.1. The third kappa shape index (κ3) is 5.39. The number of nitrogens with zero attached hydrogens (tertiary/aromatic N) is 3. The van der Waals surface area contributed by atoms with E-state index in [-0.39, 0.29) is 15.1 Å². The molecule has 5 N–H and O–H groups in total. The highest BCUT2D eigenvalue weighted by atomic mass is 32.2. The number of ether oxygens (including phenoxy) is 1. The predicted molar refractivity (Wildman–Crippen MR) is 97.4 cm³/mol. The van der Waals surface area contributed by atoms with Gasteiger partial charge in [-0.15, -0.1) is 11.3 Å². The van der Waals surface area contributed by atoms with Crippen molar-refractivity contribution in [3.63, 3.8) is 0 Å². The summed E-state index contributed by atoms with van der Waals surface area (Å²) in [5.74, 6) is -4.47. The lowest BCUT2D eigenvalue weighted by Crippen LogP contribution is -2.73. The lowest BCUT2D eigenvalue weighted by atomic mass is 9.99. The van der Waals surface area contributed by atoms with Gasteiger partial charge in [0, 0.05) is 12.3 Å². The molecule has 164 valence electrons.